The maximum atomic E-state index is 6.37. The lowest BCUT2D eigenvalue weighted by Crippen LogP contribution is -2.11. The van der Waals surface area contributed by atoms with Crippen LogP contribution in [0.4, 0.5) is 0 Å². The van der Waals surface area contributed by atoms with Crippen LogP contribution in [0.1, 0.15) is 16.0 Å². The van der Waals surface area contributed by atoms with Crippen molar-refractivity contribution in [2.75, 3.05) is 0 Å². The van der Waals surface area contributed by atoms with Gasteiger partial charge in [-0.15, -0.1) is 11.3 Å². The zero-order valence-electron chi connectivity index (χ0n) is 14.1. The number of hydrogen-bond acceptors (Lipinski definition) is 2. The lowest BCUT2D eigenvalue weighted by atomic mass is 10.2. The van der Waals surface area contributed by atoms with Gasteiger partial charge >= 0.3 is 0 Å². The van der Waals surface area contributed by atoms with Gasteiger partial charge in [-0.05, 0) is 35.2 Å². The standard InChI is InChI=1S/C21H18Cl2N2S/c22-19-7-3-8-20(23)18(19)14-25-13-15(17-6-1-2-9-21(17)25)11-24-12-16-5-4-10-26-16/h1-10,13,24H,11-12,14H2. The van der Waals surface area contributed by atoms with Crippen LogP contribution in [0.15, 0.2) is 66.2 Å². The van der Waals surface area contributed by atoms with Crippen molar-refractivity contribution < 1.29 is 0 Å². The summed E-state index contributed by atoms with van der Waals surface area (Å²) in [4.78, 5) is 1.34. The molecule has 0 atom stereocenters. The molecular formula is C21H18Cl2N2S. The molecule has 0 fully saturated rings. The summed E-state index contributed by atoms with van der Waals surface area (Å²) < 4.78 is 2.23. The quantitative estimate of drug-likeness (QED) is 0.399. The summed E-state index contributed by atoms with van der Waals surface area (Å²) in [5.74, 6) is 0. The molecule has 5 heteroatoms. The Bertz CT molecular complexity index is 1000. The molecule has 2 nitrogen and oxygen atoms in total. The molecular weight excluding hydrogens is 383 g/mol. The molecule has 2 aromatic heterocycles. The van der Waals surface area contributed by atoms with Gasteiger partial charge in [0, 0.05) is 50.7 Å². The Morgan fingerprint density at radius 3 is 2.46 bits per heavy atom. The van der Waals surface area contributed by atoms with E-state index in [1.54, 1.807) is 11.3 Å². The smallest absolute Gasteiger partial charge is 0.0505 e. The number of nitrogens with one attached hydrogen (secondary N) is 1. The van der Waals surface area contributed by atoms with Gasteiger partial charge < -0.3 is 9.88 Å². The number of rotatable bonds is 6. The van der Waals surface area contributed by atoms with Crippen LogP contribution in [0.5, 0.6) is 0 Å². The molecule has 4 rings (SSSR count). The first-order valence-corrected chi connectivity index (χ1v) is 10.1. The predicted molar refractivity (Wildman–Crippen MR) is 112 cm³/mol. The summed E-state index contributed by atoms with van der Waals surface area (Å²) in [5.41, 5.74) is 3.42. The minimum atomic E-state index is 0.657. The van der Waals surface area contributed by atoms with E-state index < -0.39 is 0 Å². The van der Waals surface area contributed by atoms with Crippen LogP contribution in [-0.2, 0) is 19.6 Å². The number of aromatic nitrogens is 1. The zero-order chi connectivity index (χ0) is 17.9. The molecule has 132 valence electrons. The van der Waals surface area contributed by atoms with Crippen molar-refractivity contribution in [1.82, 2.24) is 9.88 Å². The number of fused-ring (bicyclic) bond motifs is 1. The molecule has 0 saturated carbocycles. The maximum Gasteiger partial charge on any atom is 0.0505 e. The molecule has 2 aromatic carbocycles. The second-order valence-electron chi connectivity index (χ2n) is 6.18. The maximum absolute atomic E-state index is 6.37. The lowest BCUT2D eigenvalue weighted by Gasteiger charge is -2.09. The molecule has 0 aliphatic rings. The Labute approximate surface area is 167 Å². The molecule has 0 amide bonds. The largest absolute Gasteiger partial charge is 0.343 e. The van der Waals surface area contributed by atoms with Gasteiger partial charge in [-0.2, -0.15) is 0 Å². The van der Waals surface area contributed by atoms with Gasteiger partial charge in [0.2, 0.25) is 0 Å². The van der Waals surface area contributed by atoms with Gasteiger partial charge in [-0.1, -0.05) is 53.5 Å². The van der Waals surface area contributed by atoms with E-state index in [0.29, 0.717) is 16.6 Å². The molecule has 0 unspecified atom stereocenters. The molecule has 0 saturated heterocycles. The van der Waals surface area contributed by atoms with E-state index in [1.807, 2.05) is 18.2 Å². The van der Waals surface area contributed by atoms with Crippen molar-refractivity contribution in [3.63, 3.8) is 0 Å². The predicted octanol–water partition coefficient (Wildman–Crippen LogP) is 6.35. The van der Waals surface area contributed by atoms with E-state index in [2.05, 4.69) is 57.9 Å². The van der Waals surface area contributed by atoms with E-state index in [4.69, 9.17) is 23.2 Å². The average molecular weight is 401 g/mol. The first-order valence-electron chi connectivity index (χ1n) is 8.45. The average Bonchev–Trinajstić information content (AvgIpc) is 3.27. The summed E-state index contributed by atoms with van der Waals surface area (Å²) in [7, 11) is 0. The van der Waals surface area contributed by atoms with Gasteiger partial charge in [0.05, 0.1) is 6.54 Å². The highest BCUT2D eigenvalue weighted by Gasteiger charge is 2.11. The Balaban J connectivity index is 1.61. The van der Waals surface area contributed by atoms with Crippen LogP contribution in [0, 0.1) is 0 Å². The number of thiophene rings is 1. The number of nitrogens with zero attached hydrogens (tertiary/aromatic N) is 1. The third kappa shape index (κ3) is 3.67. The molecule has 0 bridgehead atoms. The molecule has 26 heavy (non-hydrogen) atoms. The lowest BCUT2D eigenvalue weighted by molar-refractivity contribution is 0.700. The Morgan fingerprint density at radius 1 is 0.885 bits per heavy atom. The summed E-state index contributed by atoms with van der Waals surface area (Å²) in [6.45, 7) is 2.36. The summed E-state index contributed by atoms with van der Waals surface area (Å²) in [6.07, 6.45) is 2.20. The monoisotopic (exact) mass is 400 g/mol. The second-order valence-corrected chi connectivity index (χ2v) is 8.03. The minimum absolute atomic E-state index is 0.657. The van der Waals surface area contributed by atoms with Crippen molar-refractivity contribution in [2.45, 2.75) is 19.6 Å². The first-order chi connectivity index (χ1) is 12.7. The zero-order valence-corrected chi connectivity index (χ0v) is 16.4. The van der Waals surface area contributed by atoms with E-state index in [0.717, 1.165) is 18.7 Å². The normalized spacial score (nSPS) is 11.3. The highest BCUT2D eigenvalue weighted by molar-refractivity contribution is 7.09. The van der Waals surface area contributed by atoms with E-state index in [9.17, 15) is 0 Å². The fourth-order valence-corrected chi connectivity index (χ4v) is 4.37. The minimum Gasteiger partial charge on any atom is -0.343 e. The van der Waals surface area contributed by atoms with Gasteiger partial charge in [-0.25, -0.2) is 0 Å². The van der Waals surface area contributed by atoms with Crippen molar-refractivity contribution in [3.05, 3.63) is 92.2 Å². The van der Waals surface area contributed by atoms with Crippen molar-refractivity contribution in [1.29, 1.82) is 0 Å². The van der Waals surface area contributed by atoms with Crippen LogP contribution in [-0.4, -0.2) is 4.57 Å². The third-order valence-corrected chi connectivity index (χ3v) is 6.04. The third-order valence-electron chi connectivity index (χ3n) is 4.46. The fourth-order valence-electron chi connectivity index (χ4n) is 3.18. The molecule has 2 heterocycles. The van der Waals surface area contributed by atoms with Crippen molar-refractivity contribution in [3.8, 4) is 0 Å². The van der Waals surface area contributed by atoms with Gasteiger partial charge in [0.25, 0.3) is 0 Å². The van der Waals surface area contributed by atoms with Gasteiger partial charge in [0.15, 0.2) is 0 Å². The Kier molecular flexibility index (Phi) is 5.32. The summed E-state index contributed by atoms with van der Waals surface area (Å²) >= 11 is 14.5. The molecule has 0 spiro atoms. The highest BCUT2D eigenvalue weighted by atomic mass is 35.5. The van der Waals surface area contributed by atoms with E-state index >= 15 is 0 Å². The van der Waals surface area contributed by atoms with Gasteiger partial charge in [0.1, 0.15) is 0 Å². The number of benzene rings is 2. The molecule has 0 radical (unpaired) electrons. The fraction of sp³-hybridized carbons (Fsp3) is 0.143. The van der Waals surface area contributed by atoms with Crippen LogP contribution in [0.25, 0.3) is 10.9 Å². The van der Waals surface area contributed by atoms with Crippen LogP contribution in [0.2, 0.25) is 10.0 Å². The Hall–Kier alpha value is -1.78. The molecule has 0 aliphatic heterocycles. The second kappa shape index (κ2) is 7.85. The van der Waals surface area contributed by atoms with E-state index in [1.165, 1.54) is 21.3 Å². The molecule has 1 N–H and O–H groups in total. The van der Waals surface area contributed by atoms with Crippen molar-refractivity contribution in [2.24, 2.45) is 0 Å². The van der Waals surface area contributed by atoms with Crippen molar-refractivity contribution >= 4 is 45.4 Å². The van der Waals surface area contributed by atoms with E-state index in [-0.39, 0.29) is 0 Å². The Morgan fingerprint density at radius 2 is 1.69 bits per heavy atom. The number of halogens is 2. The SMILES string of the molecule is Clc1cccc(Cl)c1Cn1cc(CNCc2cccs2)c2ccccc21. The summed E-state index contributed by atoms with van der Waals surface area (Å²) in [5, 5.41) is 8.31. The number of hydrogen-bond donors (Lipinski definition) is 1. The van der Waals surface area contributed by atoms with Crippen LogP contribution < -0.4 is 5.32 Å². The van der Waals surface area contributed by atoms with Gasteiger partial charge in [-0.3, -0.25) is 0 Å². The highest BCUT2D eigenvalue weighted by Crippen LogP contribution is 2.28. The summed E-state index contributed by atoms with van der Waals surface area (Å²) in [6, 6.07) is 18.3. The molecule has 0 aliphatic carbocycles. The topological polar surface area (TPSA) is 17.0 Å². The molecule has 4 aromatic rings. The first kappa shape index (κ1) is 17.6. The number of para-hydroxylation sites is 1. The van der Waals surface area contributed by atoms with Crippen LogP contribution in [0.3, 0.4) is 0 Å². The van der Waals surface area contributed by atoms with Crippen LogP contribution >= 0.6 is 34.5 Å².